The molecule has 3 rings (SSSR count). The first-order valence-corrected chi connectivity index (χ1v) is 9.87. The molecular weight excluding hydrogens is 310 g/mol. The van der Waals surface area contributed by atoms with Crippen molar-refractivity contribution in [3.63, 3.8) is 0 Å². The highest BCUT2D eigenvalue weighted by Gasteiger charge is 2.16. The molecule has 1 N–H and O–H groups in total. The maximum atomic E-state index is 11.8. The number of aryl methyl sites for hydroxylation is 1. The quantitative estimate of drug-likeness (QED) is 0.815. The van der Waals surface area contributed by atoms with Crippen LogP contribution in [0.15, 0.2) is 24.3 Å². The van der Waals surface area contributed by atoms with E-state index in [1.54, 1.807) is 0 Å². The van der Waals surface area contributed by atoms with Crippen LogP contribution in [0.3, 0.4) is 0 Å². The van der Waals surface area contributed by atoms with Gasteiger partial charge in [-0.25, -0.2) is 4.98 Å². The fraction of sp³-hybridized carbons (Fsp3) is 0.619. The van der Waals surface area contributed by atoms with Crippen LogP contribution in [0.4, 0.5) is 0 Å². The lowest BCUT2D eigenvalue weighted by molar-refractivity contribution is -0.123. The van der Waals surface area contributed by atoms with Gasteiger partial charge in [0.2, 0.25) is 5.91 Å². The van der Waals surface area contributed by atoms with Crippen molar-refractivity contribution < 1.29 is 4.79 Å². The van der Waals surface area contributed by atoms with E-state index in [0.29, 0.717) is 6.54 Å². The molecule has 0 saturated heterocycles. The largest absolute Gasteiger partial charge is 0.355 e. The summed E-state index contributed by atoms with van der Waals surface area (Å²) in [7, 11) is 0. The fourth-order valence-corrected chi connectivity index (χ4v) is 3.85. The molecule has 0 aliphatic heterocycles. The van der Waals surface area contributed by atoms with Crippen molar-refractivity contribution in [3.05, 3.63) is 30.1 Å². The lowest BCUT2D eigenvalue weighted by atomic mass is 9.87. The molecule has 0 atom stereocenters. The zero-order chi connectivity index (χ0) is 17.6. The van der Waals surface area contributed by atoms with Crippen molar-refractivity contribution in [1.29, 1.82) is 0 Å². The first-order chi connectivity index (χ1) is 12.1. The number of nitrogens with zero attached hydrogens (tertiary/aromatic N) is 2. The Morgan fingerprint density at radius 1 is 1.24 bits per heavy atom. The zero-order valence-corrected chi connectivity index (χ0v) is 15.6. The predicted octanol–water partition coefficient (Wildman–Crippen LogP) is 4.32. The number of rotatable bonds is 7. The molecular formula is C21H31N3O. The van der Waals surface area contributed by atoms with Crippen LogP contribution < -0.4 is 5.32 Å². The summed E-state index contributed by atoms with van der Waals surface area (Å²) in [5.41, 5.74) is 2.29. The fourth-order valence-electron chi connectivity index (χ4n) is 3.85. The highest BCUT2D eigenvalue weighted by Crippen LogP contribution is 2.27. The number of fused-ring (bicyclic) bond motifs is 1. The molecule has 1 aromatic heterocycles. The Labute approximate surface area is 151 Å². The van der Waals surface area contributed by atoms with E-state index >= 15 is 0 Å². The second kappa shape index (κ2) is 8.50. The topological polar surface area (TPSA) is 46.9 Å². The van der Waals surface area contributed by atoms with Gasteiger partial charge in [-0.15, -0.1) is 0 Å². The van der Waals surface area contributed by atoms with E-state index in [1.807, 2.05) is 19.9 Å². The van der Waals surface area contributed by atoms with Crippen LogP contribution in [0.25, 0.3) is 11.0 Å². The number of aromatic nitrogens is 2. The molecule has 1 aliphatic rings. The first-order valence-electron chi connectivity index (χ1n) is 9.87. The second-order valence-electron chi connectivity index (χ2n) is 7.66. The molecule has 25 heavy (non-hydrogen) atoms. The third kappa shape index (κ3) is 4.62. The Kier molecular flexibility index (Phi) is 6.11. The molecule has 1 aliphatic carbocycles. The van der Waals surface area contributed by atoms with E-state index in [1.165, 1.54) is 44.0 Å². The molecule has 136 valence electrons. The minimum absolute atomic E-state index is 0.0325. The zero-order valence-electron chi connectivity index (χ0n) is 15.6. The molecule has 4 nitrogen and oxygen atoms in total. The van der Waals surface area contributed by atoms with Gasteiger partial charge in [-0.2, -0.15) is 0 Å². The summed E-state index contributed by atoms with van der Waals surface area (Å²) in [4.78, 5) is 16.6. The van der Waals surface area contributed by atoms with Gasteiger partial charge in [-0.1, -0.05) is 58.1 Å². The van der Waals surface area contributed by atoms with Crippen molar-refractivity contribution >= 4 is 16.9 Å². The maximum Gasteiger partial charge on any atom is 0.222 e. The minimum atomic E-state index is 0.0325. The van der Waals surface area contributed by atoms with E-state index < -0.39 is 0 Å². The van der Waals surface area contributed by atoms with Gasteiger partial charge in [0, 0.05) is 25.4 Å². The highest BCUT2D eigenvalue weighted by atomic mass is 16.1. The molecule has 1 fully saturated rings. The molecule has 4 heteroatoms. The van der Waals surface area contributed by atoms with E-state index in [4.69, 9.17) is 4.98 Å². The van der Waals surface area contributed by atoms with Crippen LogP contribution in [0, 0.1) is 11.8 Å². The molecule has 0 spiro atoms. The van der Waals surface area contributed by atoms with Crippen molar-refractivity contribution in [3.8, 4) is 0 Å². The number of amides is 1. The van der Waals surface area contributed by atoms with Crippen molar-refractivity contribution in [2.24, 2.45) is 11.8 Å². The average Bonchev–Trinajstić information content (AvgIpc) is 2.98. The maximum absolute atomic E-state index is 11.8. The van der Waals surface area contributed by atoms with Crippen molar-refractivity contribution in [2.75, 3.05) is 6.54 Å². The van der Waals surface area contributed by atoms with E-state index in [-0.39, 0.29) is 11.8 Å². The Morgan fingerprint density at radius 3 is 2.76 bits per heavy atom. The molecule has 0 bridgehead atoms. The number of hydrogen-bond acceptors (Lipinski definition) is 2. The molecule has 1 aromatic carbocycles. The SMILES string of the molecule is CC(C)C(=O)NCCc1nc2ccccc2n1CCC1CCCCC1. The second-order valence-corrected chi connectivity index (χ2v) is 7.66. The number of carbonyl (C=O) groups is 1. The smallest absolute Gasteiger partial charge is 0.222 e. The number of nitrogens with one attached hydrogen (secondary N) is 1. The first kappa shape index (κ1) is 18.0. The van der Waals surface area contributed by atoms with Gasteiger partial charge in [-0.3, -0.25) is 4.79 Å². The van der Waals surface area contributed by atoms with Crippen LogP contribution in [-0.2, 0) is 17.8 Å². The Bertz CT molecular complexity index is 698. The lowest BCUT2D eigenvalue weighted by Crippen LogP contribution is -2.30. The Hall–Kier alpha value is -1.84. The Balaban J connectivity index is 1.69. The Morgan fingerprint density at radius 2 is 2.00 bits per heavy atom. The standard InChI is InChI=1S/C21H31N3O/c1-16(2)21(25)22-14-12-20-23-18-10-6-7-11-19(18)24(20)15-13-17-8-4-3-5-9-17/h6-7,10-11,16-17H,3-5,8-9,12-15H2,1-2H3,(H,22,25). The third-order valence-corrected chi connectivity index (χ3v) is 5.39. The normalized spacial score (nSPS) is 15.8. The van der Waals surface area contributed by atoms with Crippen LogP contribution in [0.2, 0.25) is 0 Å². The van der Waals surface area contributed by atoms with E-state index in [2.05, 4.69) is 28.1 Å². The minimum Gasteiger partial charge on any atom is -0.355 e. The van der Waals surface area contributed by atoms with Gasteiger partial charge in [0.1, 0.15) is 5.82 Å². The molecule has 2 aromatic rings. The van der Waals surface area contributed by atoms with E-state index in [9.17, 15) is 4.79 Å². The van der Waals surface area contributed by atoms with Gasteiger partial charge < -0.3 is 9.88 Å². The molecule has 0 unspecified atom stereocenters. The third-order valence-electron chi connectivity index (χ3n) is 5.39. The summed E-state index contributed by atoms with van der Waals surface area (Å²) in [6, 6.07) is 8.39. The van der Waals surface area contributed by atoms with Crippen molar-refractivity contribution in [2.45, 2.75) is 65.3 Å². The van der Waals surface area contributed by atoms with Gasteiger partial charge in [0.05, 0.1) is 11.0 Å². The lowest BCUT2D eigenvalue weighted by Gasteiger charge is -2.22. The van der Waals surface area contributed by atoms with Crippen LogP contribution in [0.1, 0.15) is 58.2 Å². The molecule has 0 radical (unpaired) electrons. The monoisotopic (exact) mass is 341 g/mol. The number of para-hydroxylation sites is 2. The molecule has 1 amide bonds. The van der Waals surface area contributed by atoms with E-state index in [0.717, 1.165) is 30.2 Å². The van der Waals surface area contributed by atoms with Gasteiger partial charge >= 0.3 is 0 Å². The highest BCUT2D eigenvalue weighted by molar-refractivity contribution is 5.78. The van der Waals surface area contributed by atoms with Gasteiger partial charge in [0.25, 0.3) is 0 Å². The molecule has 1 heterocycles. The summed E-state index contributed by atoms with van der Waals surface area (Å²) in [5, 5.41) is 3.02. The van der Waals surface area contributed by atoms with Gasteiger partial charge in [0.15, 0.2) is 0 Å². The summed E-state index contributed by atoms with van der Waals surface area (Å²) in [6.07, 6.45) is 8.99. The predicted molar refractivity (Wildman–Crippen MR) is 102 cm³/mol. The van der Waals surface area contributed by atoms with Crippen LogP contribution in [0.5, 0.6) is 0 Å². The summed E-state index contributed by atoms with van der Waals surface area (Å²) >= 11 is 0. The molecule has 1 saturated carbocycles. The number of benzene rings is 1. The van der Waals surface area contributed by atoms with Crippen molar-refractivity contribution in [1.82, 2.24) is 14.9 Å². The summed E-state index contributed by atoms with van der Waals surface area (Å²) in [6.45, 7) is 5.55. The van der Waals surface area contributed by atoms with Gasteiger partial charge in [-0.05, 0) is 24.5 Å². The summed E-state index contributed by atoms with van der Waals surface area (Å²) in [5.74, 6) is 2.11. The number of carbonyl (C=O) groups excluding carboxylic acids is 1. The summed E-state index contributed by atoms with van der Waals surface area (Å²) < 4.78 is 2.38. The number of hydrogen-bond donors (Lipinski definition) is 1. The average molecular weight is 341 g/mol. The van der Waals surface area contributed by atoms with Crippen LogP contribution in [-0.4, -0.2) is 22.0 Å². The van der Waals surface area contributed by atoms with Crippen LogP contribution >= 0.6 is 0 Å². The number of imidazole rings is 1.